The lowest BCUT2D eigenvalue weighted by Crippen LogP contribution is -2.09. The van der Waals surface area contributed by atoms with E-state index >= 15 is 0 Å². The Morgan fingerprint density at radius 2 is 1.84 bits per heavy atom. The normalized spacial score (nSPS) is 15.0. The molecule has 2 aromatic carbocycles. The predicted octanol–water partition coefficient (Wildman–Crippen LogP) is 3.26. The maximum atomic E-state index is 12.0. The molecule has 2 aromatic rings. The summed E-state index contributed by atoms with van der Waals surface area (Å²) in [5.74, 6) is -0.887. The van der Waals surface area contributed by atoms with Crippen LogP contribution in [0, 0.1) is 0 Å². The molecular formula is C18H12BrNO5. The molecule has 0 saturated heterocycles. The van der Waals surface area contributed by atoms with Gasteiger partial charge in [-0.05, 0) is 48.0 Å². The zero-order valence-corrected chi connectivity index (χ0v) is 14.4. The van der Waals surface area contributed by atoms with Gasteiger partial charge in [-0.15, -0.1) is 0 Å². The summed E-state index contributed by atoms with van der Waals surface area (Å²) in [4.78, 5) is 26.7. The van der Waals surface area contributed by atoms with Crippen molar-refractivity contribution < 1.29 is 24.2 Å². The van der Waals surface area contributed by atoms with Gasteiger partial charge in [0.25, 0.3) is 0 Å². The van der Waals surface area contributed by atoms with Gasteiger partial charge in [0.2, 0.25) is 5.90 Å². The Labute approximate surface area is 151 Å². The number of esters is 1. The Bertz CT molecular complexity index is 869. The monoisotopic (exact) mass is 401 g/mol. The van der Waals surface area contributed by atoms with Crippen molar-refractivity contribution >= 4 is 39.8 Å². The first kappa shape index (κ1) is 16.9. The van der Waals surface area contributed by atoms with Crippen LogP contribution in [0.15, 0.2) is 63.7 Å². The summed E-state index contributed by atoms with van der Waals surface area (Å²) in [6.45, 7) is -0.409. The first-order chi connectivity index (χ1) is 12.0. The fraction of sp³-hybridized carbons (Fsp3) is 0.0556. The highest BCUT2D eigenvalue weighted by Crippen LogP contribution is 2.21. The summed E-state index contributed by atoms with van der Waals surface area (Å²) in [6, 6.07) is 13.9. The van der Waals surface area contributed by atoms with Gasteiger partial charge in [0.1, 0.15) is 5.75 Å². The van der Waals surface area contributed by atoms with Gasteiger partial charge in [0.05, 0.1) is 0 Å². The molecule has 0 spiro atoms. The van der Waals surface area contributed by atoms with Gasteiger partial charge in [-0.3, -0.25) is 0 Å². The summed E-state index contributed by atoms with van der Waals surface area (Å²) in [6.07, 6.45) is 1.59. The number of nitrogens with zero attached hydrogens (tertiary/aromatic N) is 1. The highest BCUT2D eigenvalue weighted by molar-refractivity contribution is 9.10. The van der Waals surface area contributed by atoms with Gasteiger partial charge >= 0.3 is 11.9 Å². The summed E-state index contributed by atoms with van der Waals surface area (Å²) in [5, 5.41) is 8.58. The van der Waals surface area contributed by atoms with E-state index in [1.54, 1.807) is 42.5 Å². The SMILES string of the molecule is O=C(O)COc1ccc(/C=C2\N=C(c3ccc(Br)cc3)OC2=O)cc1. The lowest BCUT2D eigenvalue weighted by Gasteiger charge is -2.02. The fourth-order valence-electron chi connectivity index (χ4n) is 2.09. The van der Waals surface area contributed by atoms with Gasteiger partial charge in [0.15, 0.2) is 12.3 Å². The molecule has 1 N–H and O–H groups in total. The predicted molar refractivity (Wildman–Crippen MR) is 94.3 cm³/mol. The maximum absolute atomic E-state index is 12.0. The van der Waals surface area contributed by atoms with Crippen LogP contribution in [0.1, 0.15) is 11.1 Å². The van der Waals surface area contributed by atoms with E-state index in [4.69, 9.17) is 14.6 Å². The molecule has 0 aliphatic carbocycles. The molecule has 1 aliphatic heterocycles. The van der Waals surface area contributed by atoms with Crippen molar-refractivity contribution in [3.8, 4) is 5.75 Å². The van der Waals surface area contributed by atoms with E-state index < -0.39 is 18.5 Å². The number of carboxylic acid groups (broad SMARTS) is 1. The molecule has 0 atom stereocenters. The van der Waals surface area contributed by atoms with Crippen LogP contribution in [0.4, 0.5) is 0 Å². The first-order valence-corrected chi connectivity index (χ1v) is 8.04. The Kier molecular flexibility index (Phi) is 4.95. The van der Waals surface area contributed by atoms with Crippen molar-refractivity contribution in [1.29, 1.82) is 0 Å². The van der Waals surface area contributed by atoms with Crippen molar-refractivity contribution in [2.24, 2.45) is 4.99 Å². The molecule has 3 rings (SSSR count). The number of halogens is 1. The smallest absolute Gasteiger partial charge is 0.363 e. The Morgan fingerprint density at radius 3 is 2.48 bits per heavy atom. The molecule has 0 saturated carbocycles. The number of cyclic esters (lactones) is 1. The number of aliphatic imine (C=N–C) groups is 1. The molecule has 126 valence electrons. The fourth-order valence-corrected chi connectivity index (χ4v) is 2.35. The van der Waals surface area contributed by atoms with Gasteiger partial charge in [-0.2, -0.15) is 0 Å². The average Bonchev–Trinajstić information content (AvgIpc) is 2.95. The summed E-state index contributed by atoms with van der Waals surface area (Å²) >= 11 is 3.34. The molecule has 0 unspecified atom stereocenters. The number of carbonyl (C=O) groups excluding carboxylic acids is 1. The van der Waals surface area contributed by atoms with E-state index in [0.717, 1.165) is 10.0 Å². The number of carboxylic acids is 1. The lowest BCUT2D eigenvalue weighted by atomic mass is 10.2. The minimum Gasteiger partial charge on any atom is -0.482 e. The zero-order valence-electron chi connectivity index (χ0n) is 12.8. The minimum absolute atomic E-state index is 0.192. The summed E-state index contributed by atoms with van der Waals surface area (Å²) in [7, 11) is 0. The summed E-state index contributed by atoms with van der Waals surface area (Å²) in [5.41, 5.74) is 1.62. The van der Waals surface area contributed by atoms with E-state index in [-0.39, 0.29) is 11.6 Å². The van der Waals surface area contributed by atoms with E-state index in [0.29, 0.717) is 11.3 Å². The standard InChI is InChI=1S/C18H12BrNO5/c19-13-5-3-12(4-6-13)17-20-15(18(23)25-17)9-11-1-7-14(8-2-11)24-10-16(21)22/h1-9H,10H2,(H,21,22)/b15-9-. The van der Waals surface area contributed by atoms with Gasteiger partial charge in [-0.25, -0.2) is 14.6 Å². The maximum Gasteiger partial charge on any atom is 0.363 e. The highest BCUT2D eigenvalue weighted by Gasteiger charge is 2.24. The molecule has 0 amide bonds. The largest absolute Gasteiger partial charge is 0.482 e. The molecule has 1 aliphatic rings. The van der Waals surface area contributed by atoms with Gasteiger partial charge in [-0.1, -0.05) is 28.1 Å². The number of aliphatic carboxylic acids is 1. The average molecular weight is 402 g/mol. The molecule has 6 nitrogen and oxygen atoms in total. The highest BCUT2D eigenvalue weighted by atomic mass is 79.9. The Hall–Kier alpha value is -2.93. The molecule has 0 bridgehead atoms. The van der Waals surface area contributed by atoms with E-state index in [1.807, 2.05) is 12.1 Å². The molecule has 1 heterocycles. The number of benzene rings is 2. The zero-order chi connectivity index (χ0) is 17.8. The Morgan fingerprint density at radius 1 is 1.16 bits per heavy atom. The number of hydrogen-bond acceptors (Lipinski definition) is 5. The number of carbonyl (C=O) groups is 2. The van der Waals surface area contributed by atoms with Crippen LogP contribution in [0.3, 0.4) is 0 Å². The van der Waals surface area contributed by atoms with Crippen LogP contribution in [0.2, 0.25) is 0 Å². The minimum atomic E-state index is -1.05. The van der Waals surface area contributed by atoms with Crippen LogP contribution in [-0.2, 0) is 14.3 Å². The molecule has 0 radical (unpaired) electrons. The second kappa shape index (κ2) is 7.31. The van der Waals surface area contributed by atoms with Crippen LogP contribution in [0.25, 0.3) is 6.08 Å². The van der Waals surface area contributed by atoms with Crippen LogP contribution in [-0.4, -0.2) is 29.5 Å². The lowest BCUT2D eigenvalue weighted by molar-refractivity contribution is -0.139. The van der Waals surface area contributed by atoms with E-state index in [9.17, 15) is 9.59 Å². The van der Waals surface area contributed by atoms with Crippen molar-refractivity contribution in [3.63, 3.8) is 0 Å². The molecule has 0 fully saturated rings. The molecule has 7 heteroatoms. The van der Waals surface area contributed by atoms with Gasteiger partial charge in [0, 0.05) is 10.0 Å². The second-order valence-corrected chi connectivity index (χ2v) is 6.01. The molecule has 0 aromatic heterocycles. The summed E-state index contributed by atoms with van der Waals surface area (Å²) < 4.78 is 11.2. The van der Waals surface area contributed by atoms with E-state index in [2.05, 4.69) is 20.9 Å². The van der Waals surface area contributed by atoms with Crippen molar-refractivity contribution in [1.82, 2.24) is 0 Å². The third-order valence-corrected chi connectivity index (χ3v) is 3.79. The third-order valence-electron chi connectivity index (χ3n) is 3.26. The topological polar surface area (TPSA) is 85.2 Å². The second-order valence-electron chi connectivity index (χ2n) is 5.09. The first-order valence-electron chi connectivity index (χ1n) is 7.24. The quantitative estimate of drug-likeness (QED) is 0.613. The number of rotatable bonds is 5. The third kappa shape index (κ3) is 4.33. The van der Waals surface area contributed by atoms with Crippen molar-refractivity contribution in [3.05, 3.63) is 69.8 Å². The van der Waals surface area contributed by atoms with Crippen LogP contribution in [0.5, 0.6) is 5.75 Å². The Balaban J connectivity index is 1.77. The van der Waals surface area contributed by atoms with Gasteiger partial charge < -0.3 is 14.6 Å². The number of ether oxygens (including phenoxy) is 2. The van der Waals surface area contributed by atoms with Crippen molar-refractivity contribution in [2.45, 2.75) is 0 Å². The number of hydrogen-bond donors (Lipinski definition) is 1. The van der Waals surface area contributed by atoms with Crippen molar-refractivity contribution in [2.75, 3.05) is 6.61 Å². The molecular weight excluding hydrogens is 390 g/mol. The van der Waals surface area contributed by atoms with E-state index in [1.165, 1.54) is 0 Å². The van der Waals surface area contributed by atoms with Crippen LogP contribution >= 0.6 is 15.9 Å². The van der Waals surface area contributed by atoms with Crippen LogP contribution < -0.4 is 4.74 Å². The molecule has 25 heavy (non-hydrogen) atoms.